The molecule has 0 aliphatic rings. The Morgan fingerprint density at radius 1 is 1.06 bits per heavy atom. The summed E-state index contributed by atoms with van der Waals surface area (Å²) >= 11 is 12.2. The molecule has 1 atom stereocenters. The molecule has 35 heavy (non-hydrogen) atoms. The smallest absolute Gasteiger partial charge is 0.244 e. The SMILES string of the molecule is CCC(C(=O)NC(C)C)N(Cc1ccc(Cl)c(Cl)c1)C(=O)CN(c1ccc(OC)cc1)S(C)(=O)=O. The Labute approximate surface area is 217 Å². The Morgan fingerprint density at radius 3 is 2.17 bits per heavy atom. The Balaban J connectivity index is 2.45. The fourth-order valence-corrected chi connectivity index (χ4v) is 4.67. The minimum Gasteiger partial charge on any atom is -0.497 e. The molecular weight excluding hydrogens is 513 g/mol. The van der Waals surface area contributed by atoms with E-state index in [2.05, 4.69) is 5.32 Å². The van der Waals surface area contributed by atoms with E-state index in [-0.39, 0.29) is 18.5 Å². The van der Waals surface area contributed by atoms with Crippen LogP contribution in [0.5, 0.6) is 5.75 Å². The molecule has 0 aliphatic heterocycles. The van der Waals surface area contributed by atoms with Crippen molar-refractivity contribution >= 4 is 50.7 Å². The third kappa shape index (κ3) is 8.02. The van der Waals surface area contributed by atoms with Gasteiger partial charge >= 0.3 is 0 Å². The molecule has 0 spiro atoms. The number of rotatable bonds is 11. The first-order valence-electron chi connectivity index (χ1n) is 11.0. The van der Waals surface area contributed by atoms with E-state index in [0.29, 0.717) is 33.5 Å². The highest BCUT2D eigenvalue weighted by molar-refractivity contribution is 7.92. The summed E-state index contributed by atoms with van der Waals surface area (Å²) in [4.78, 5) is 27.9. The van der Waals surface area contributed by atoms with E-state index in [4.69, 9.17) is 27.9 Å². The van der Waals surface area contributed by atoms with Gasteiger partial charge in [-0.3, -0.25) is 13.9 Å². The van der Waals surface area contributed by atoms with Gasteiger partial charge in [-0.1, -0.05) is 36.2 Å². The summed E-state index contributed by atoms with van der Waals surface area (Å²) in [6, 6.07) is 10.3. The van der Waals surface area contributed by atoms with E-state index in [9.17, 15) is 18.0 Å². The number of halogens is 2. The van der Waals surface area contributed by atoms with Crippen molar-refractivity contribution in [1.82, 2.24) is 10.2 Å². The number of hydrogen-bond acceptors (Lipinski definition) is 5. The zero-order chi connectivity index (χ0) is 26.3. The Hall–Kier alpha value is -2.49. The number of anilines is 1. The predicted molar refractivity (Wildman–Crippen MR) is 140 cm³/mol. The summed E-state index contributed by atoms with van der Waals surface area (Å²) in [5.41, 5.74) is 0.953. The second-order valence-corrected chi connectivity index (χ2v) is 11.0. The van der Waals surface area contributed by atoms with Gasteiger partial charge in [-0.05, 0) is 62.2 Å². The van der Waals surface area contributed by atoms with Gasteiger partial charge < -0.3 is 15.0 Å². The quantitative estimate of drug-likeness (QED) is 0.460. The van der Waals surface area contributed by atoms with E-state index in [1.54, 1.807) is 49.4 Å². The number of methoxy groups -OCH3 is 1. The molecule has 0 heterocycles. The summed E-state index contributed by atoms with van der Waals surface area (Å²) < 4.78 is 31.4. The second-order valence-electron chi connectivity index (χ2n) is 8.33. The predicted octanol–water partition coefficient (Wildman–Crippen LogP) is 4.10. The van der Waals surface area contributed by atoms with Gasteiger partial charge in [-0.2, -0.15) is 0 Å². The first-order chi connectivity index (χ1) is 16.4. The van der Waals surface area contributed by atoms with Crippen LogP contribution in [0.1, 0.15) is 32.8 Å². The molecule has 0 aromatic heterocycles. The van der Waals surface area contributed by atoms with E-state index < -0.39 is 28.5 Å². The molecule has 2 aromatic rings. The van der Waals surface area contributed by atoms with Gasteiger partial charge in [-0.15, -0.1) is 0 Å². The lowest BCUT2D eigenvalue weighted by Gasteiger charge is -2.33. The van der Waals surface area contributed by atoms with Crippen molar-refractivity contribution in [2.75, 3.05) is 24.2 Å². The number of carbonyl (C=O) groups excluding carboxylic acids is 2. The van der Waals surface area contributed by atoms with Gasteiger partial charge in [0.1, 0.15) is 18.3 Å². The van der Waals surface area contributed by atoms with Gasteiger partial charge in [0, 0.05) is 12.6 Å². The van der Waals surface area contributed by atoms with Crippen molar-refractivity contribution in [1.29, 1.82) is 0 Å². The van der Waals surface area contributed by atoms with Crippen LogP contribution in [0.3, 0.4) is 0 Å². The van der Waals surface area contributed by atoms with Crippen LogP contribution in [0.2, 0.25) is 10.0 Å². The number of amides is 2. The average molecular weight is 545 g/mol. The zero-order valence-electron chi connectivity index (χ0n) is 20.4. The van der Waals surface area contributed by atoms with Crippen LogP contribution in [0, 0.1) is 0 Å². The Kier molecular flexibility index (Phi) is 10.2. The minimum atomic E-state index is -3.82. The first kappa shape index (κ1) is 28.7. The summed E-state index contributed by atoms with van der Waals surface area (Å²) in [5.74, 6) is -0.319. The van der Waals surface area contributed by atoms with Gasteiger partial charge in [0.25, 0.3) is 0 Å². The fourth-order valence-electron chi connectivity index (χ4n) is 3.50. The Bertz CT molecular complexity index is 1140. The monoisotopic (exact) mass is 543 g/mol. The number of nitrogens with one attached hydrogen (secondary N) is 1. The van der Waals surface area contributed by atoms with Crippen molar-refractivity contribution in [2.45, 2.75) is 45.8 Å². The van der Waals surface area contributed by atoms with Crippen LogP contribution in [-0.2, 0) is 26.2 Å². The molecule has 2 aromatic carbocycles. The van der Waals surface area contributed by atoms with Crippen molar-refractivity contribution in [2.24, 2.45) is 0 Å². The van der Waals surface area contributed by atoms with Crippen molar-refractivity contribution in [3.8, 4) is 5.75 Å². The third-order valence-electron chi connectivity index (χ3n) is 5.19. The summed E-state index contributed by atoms with van der Waals surface area (Å²) in [5, 5.41) is 3.51. The number of hydrogen-bond donors (Lipinski definition) is 1. The normalized spacial score (nSPS) is 12.2. The lowest BCUT2D eigenvalue weighted by Crippen LogP contribution is -2.53. The Morgan fingerprint density at radius 2 is 1.69 bits per heavy atom. The van der Waals surface area contributed by atoms with E-state index in [0.717, 1.165) is 10.6 Å². The highest BCUT2D eigenvalue weighted by atomic mass is 35.5. The molecule has 0 saturated heterocycles. The summed E-state index contributed by atoms with van der Waals surface area (Å²) in [6.07, 6.45) is 1.35. The summed E-state index contributed by atoms with van der Waals surface area (Å²) in [7, 11) is -2.32. The molecule has 11 heteroatoms. The molecule has 1 unspecified atom stereocenters. The van der Waals surface area contributed by atoms with Crippen molar-refractivity contribution in [3.63, 3.8) is 0 Å². The molecule has 192 valence electrons. The topological polar surface area (TPSA) is 96.0 Å². The van der Waals surface area contributed by atoms with E-state index >= 15 is 0 Å². The maximum atomic E-state index is 13.6. The maximum absolute atomic E-state index is 13.6. The van der Waals surface area contributed by atoms with E-state index in [1.807, 2.05) is 13.8 Å². The van der Waals surface area contributed by atoms with Gasteiger partial charge in [0.15, 0.2) is 0 Å². The number of carbonyl (C=O) groups is 2. The molecule has 0 radical (unpaired) electrons. The lowest BCUT2D eigenvalue weighted by molar-refractivity contribution is -0.140. The molecule has 0 bridgehead atoms. The van der Waals surface area contributed by atoms with Crippen molar-refractivity contribution in [3.05, 3.63) is 58.1 Å². The highest BCUT2D eigenvalue weighted by Crippen LogP contribution is 2.25. The van der Waals surface area contributed by atoms with Gasteiger partial charge in [-0.25, -0.2) is 8.42 Å². The fraction of sp³-hybridized carbons (Fsp3) is 0.417. The number of sulfonamides is 1. The molecule has 2 amide bonds. The number of benzene rings is 2. The molecule has 8 nitrogen and oxygen atoms in total. The van der Waals surface area contributed by atoms with Gasteiger partial charge in [0.2, 0.25) is 21.8 Å². The van der Waals surface area contributed by atoms with Gasteiger partial charge in [0.05, 0.1) is 29.1 Å². The molecular formula is C24H31Cl2N3O5S. The van der Waals surface area contributed by atoms with Crippen LogP contribution < -0.4 is 14.4 Å². The van der Waals surface area contributed by atoms with Crippen LogP contribution in [0.25, 0.3) is 0 Å². The third-order valence-corrected chi connectivity index (χ3v) is 7.07. The standard InChI is InChI=1S/C24H31Cl2N3O5S/c1-6-22(24(31)27-16(2)3)28(14-17-7-12-20(25)21(26)13-17)23(30)15-29(35(5,32)33)18-8-10-19(34-4)11-9-18/h7-13,16,22H,6,14-15H2,1-5H3,(H,27,31). The highest BCUT2D eigenvalue weighted by Gasteiger charge is 2.32. The number of nitrogens with zero attached hydrogens (tertiary/aromatic N) is 2. The van der Waals surface area contributed by atoms with E-state index in [1.165, 1.54) is 12.0 Å². The minimum absolute atomic E-state index is 0.0416. The van der Waals surface area contributed by atoms with Crippen LogP contribution in [-0.4, -0.2) is 57.1 Å². The number of ether oxygens (including phenoxy) is 1. The average Bonchev–Trinajstić information content (AvgIpc) is 2.78. The molecule has 2 rings (SSSR count). The van der Waals surface area contributed by atoms with Crippen molar-refractivity contribution < 1.29 is 22.7 Å². The zero-order valence-corrected chi connectivity index (χ0v) is 22.7. The maximum Gasteiger partial charge on any atom is 0.244 e. The largest absolute Gasteiger partial charge is 0.497 e. The van der Waals surface area contributed by atoms with Crippen LogP contribution >= 0.6 is 23.2 Å². The molecule has 1 N–H and O–H groups in total. The molecule has 0 fully saturated rings. The second kappa shape index (κ2) is 12.5. The molecule has 0 aliphatic carbocycles. The van der Waals surface area contributed by atoms with Crippen LogP contribution in [0.15, 0.2) is 42.5 Å². The first-order valence-corrected chi connectivity index (χ1v) is 13.6. The lowest BCUT2D eigenvalue weighted by atomic mass is 10.1. The summed E-state index contributed by atoms with van der Waals surface area (Å²) in [6.45, 7) is 4.99. The molecule has 0 saturated carbocycles. The van der Waals surface area contributed by atoms with Crippen LogP contribution in [0.4, 0.5) is 5.69 Å².